The molecule has 28 heavy (non-hydrogen) atoms. The highest BCUT2D eigenvalue weighted by Gasteiger charge is 2.19. The number of nitrogens with one attached hydrogen (secondary N) is 1. The summed E-state index contributed by atoms with van der Waals surface area (Å²) in [4.78, 5) is 8.66. The molecular weight excluding hydrogens is 369 g/mol. The van der Waals surface area contributed by atoms with E-state index in [-0.39, 0.29) is 41.0 Å². The van der Waals surface area contributed by atoms with Crippen molar-refractivity contribution in [2.24, 2.45) is 7.05 Å². The van der Waals surface area contributed by atoms with E-state index >= 15 is 0 Å². The number of aromatic nitrogens is 4. The van der Waals surface area contributed by atoms with Crippen LogP contribution in [0.1, 0.15) is 5.56 Å². The molecule has 0 aliphatic heterocycles. The average molecular weight is 384 g/mol. The van der Waals surface area contributed by atoms with Crippen molar-refractivity contribution >= 4 is 22.8 Å². The zero-order valence-electron chi connectivity index (χ0n) is 14.7. The van der Waals surface area contributed by atoms with Crippen LogP contribution in [-0.4, -0.2) is 19.7 Å². The highest BCUT2D eigenvalue weighted by molar-refractivity contribution is 5.98. The first kappa shape index (κ1) is 17.8. The van der Waals surface area contributed by atoms with Crippen LogP contribution in [0, 0.1) is 17.5 Å². The lowest BCUT2D eigenvalue weighted by Crippen LogP contribution is -2.05. The number of fused-ring (bicyclic) bond motifs is 1. The van der Waals surface area contributed by atoms with Crippen LogP contribution in [0.5, 0.6) is 0 Å². The minimum Gasteiger partial charge on any atom is -0.383 e. The third-order valence-corrected chi connectivity index (χ3v) is 4.27. The normalized spacial score (nSPS) is 11.1. The largest absolute Gasteiger partial charge is 0.383 e. The van der Waals surface area contributed by atoms with Crippen molar-refractivity contribution in [1.29, 1.82) is 0 Å². The minimum atomic E-state index is -0.778. The smallest absolute Gasteiger partial charge is 0.225 e. The summed E-state index contributed by atoms with van der Waals surface area (Å²) < 4.78 is 42.5. The Morgan fingerprint density at radius 1 is 1.04 bits per heavy atom. The lowest BCUT2D eigenvalue weighted by atomic mass is 10.1. The maximum atomic E-state index is 14.4. The molecule has 2 aromatic carbocycles. The van der Waals surface area contributed by atoms with Gasteiger partial charge in [-0.1, -0.05) is 12.1 Å². The van der Waals surface area contributed by atoms with Crippen molar-refractivity contribution in [3.63, 3.8) is 0 Å². The Morgan fingerprint density at radius 3 is 2.57 bits per heavy atom. The Labute approximate surface area is 157 Å². The van der Waals surface area contributed by atoms with Gasteiger partial charge >= 0.3 is 0 Å². The standard InChI is InChI=1S/C19H15F3N6/c1-28-17(23)15-16(13-6-5-12(21)8-14(13)22)25-19(26-18(15)27-28)24-9-10-3-2-4-11(20)7-10/h2-8H,9,23H2,1H3,(H,24,26,27). The van der Waals surface area contributed by atoms with Gasteiger partial charge in [0.1, 0.15) is 23.3 Å². The third kappa shape index (κ3) is 3.22. The molecule has 0 spiro atoms. The van der Waals surface area contributed by atoms with Gasteiger partial charge in [-0.2, -0.15) is 10.1 Å². The Balaban J connectivity index is 1.80. The first-order valence-corrected chi connectivity index (χ1v) is 8.36. The lowest BCUT2D eigenvalue weighted by molar-refractivity contribution is 0.585. The minimum absolute atomic E-state index is 0.0716. The van der Waals surface area contributed by atoms with Gasteiger partial charge in [0.2, 0.25) is 5.95 Å². The van der Waals surface area contributed by atoms with Crippen molar-refractivity contribution in [1.82, 2.24) is 19.7 Å². The number of hydrogen-bond acceptors (Lipinski definition) is 5. The van der Waals surface area contributed by atoms with E-state index in [1.165, 1.54) is 22.9 Å². The van der Waals surface area contributed by atoms with E-state index in [4.69, 9.17) is 5.73 Å². The summed E-state index contributed by atoms with van der Waals surface area (Å²) in [7, 11) is 1.63. The highest BCUT2D eigenvalue weighted by atomic mass is 19.1. The maximum absolute atomic E-state index is 14.4. The van der Waals surface area contributed by atoms with E-state index in [2.05, 4.69) is 20.4 Å². The van der Waals surface area contributed by atoms with Crippen LogP contribution >= 0.6 is 0 Å². The molecule has 0 atom stereocenters. The van der Waals surface area contributed by atoms with E-state index < -0.39 is 11.6 Å². The van der Waals surface area contributed by atoms with Crippen LogP contribution in [0.2, 0.25) is 0 Å². The molecule has 0 fully saturated rings. The Morgan fingerprint density at radius 2 is 1.82 bits per heavy atom. The Bertz CT molecular complexity index is 1190. The van der Waals surface area contributed by atoms with Gasteiger partial charge in [-0.15, -0.1) is 0 Å². The number of hydrogen-bond donors (Lipinski definition) is 2. The topological polar surface area (TPSA) is 81.7 Å². The van der Waals surface area contributed by atoms with E-state index in [0.29, 0.717) is 10.9 Å². The zero-order chi connectivity index (χ0) is 19.8. The molecule has 4 aromatic rings. The second kappa shape index (κ2) is 6.84. The van der Waals surface area contributed by atoms with Gasteiger partial charge < -0.3 is 11.1 Å². The zero-order valence-corrected chi connectivity index (χ0v) is 14.7. The maximum Gasteiger partial charge on any atom is 0.225 e. The van der Waals surface area contributed by atoms with E-state index in [1.807, 2.05) is 0 Å². The second-order valence-corrected chi connectivity index (χ2v) is 6.21. The predicted molar refractivity (Wildman–Crippen MR) is 99.8 cm³/mol. The van der Waals surface area contributed by atoms with E-state index in [9.17, 15) is 13.2 Å². The first-order chi connectivity index (χ1) is 13.4. The summed E-state index contributed by atoms with van der Waals surface area (Å²) in [6.07, 6.45) is 0. The van der Waals surface area contributed by atoms with Gasteiger partial charge in [0.05, 0.1) is 11.1 Å². The molecule has 0 saturated carbocycles. The van der Waals surface area contributed by atoms with E-state index in [1.54, 1.807) is 19.2 Å². The molecular formula is C19H15F3N6. The van der Waals surface area contributed by atoms with Crippen molar-refractivity contribution in [3.05, 3.63) is 65.5 Å². The molecule has 0 aliphatic carbocycles. The molecule has 142 valence electrons. The average Bonchev–Trinajstić information content (AvgIpc) is 2.94. The molecule has 0 unspecified atom stereocenters. The van der Waals surface area contributed by atoms with Crippen LogP contribution in [0.4, 0.5) is 24.9 Å². The van der Waals surface area contributed by atoms with Gasteiger partial charge in [-0.25, -0.2) is 18.2 Å². The Hall–Kier alpha value is -3.62. The van der Waals surface area contributed by atoms with Crippen LogP contribution < -0.4 is 11.1 Å². The van der Waals surface area contributed by atoms with Gasteiger partial charge in [-0.3, -0.25) is 4.68 Å². The monoisotopic (exact) mass is 384 g/mol. The third-order valence-electron chi connectivity index (χ3n) is 4.27. The quantitative estimate of drug-likeness (QED) is 0.561. The van der Waals surface area contributed by atoms with Gasteiger partial charge in [0.15, 0.2) is 5.65 Å². The number of nitrogens with zero attached hydrogens (tertiary/aromatic N) is 4. The van der Waals surface area contributed by atoms with Crippen molar-refractivity contribution in [2.45, 2.75) is 6.54 Å². The fourth-order valence-electron chi connectivity index (χ4n) is 2.90. The molecule has 2 heterocycles. The van der Waals surface area contributed by atoms with Gasteiger partial charge in [0, 0.05) is 25.2 Å². The van der Waals surface area contributed by atoms with Crippen LogP contribution in [0.25, 0.3) is 22.3 Å². The summed E-state index contributed by atoms with van der Waals surface area (Å²) >= 11 is 0. The second-order valence-electron chi connectivity index (χ2n) is 6.21. The molecule has 0 amide bonds. The number of benzene rings is 2. The fraction of sp³-hybridized carbons (Fsp3) is 0.105. The number of nitrogen functional groups attached to an aromatic ring is 1. The van der Waals surface area contributed by atoms with Crippen molar-refractivity contribution in [3.8, 4) is 11.3 Å². The number of aryl methyl sites for hydroxylation is 1. The molecule has 2 aromatic heterocycles. The van der Waals surface area contributed by atoms with Crippen molar-refractivity contribution < 1.29 is 13.2 Å². The lowest BCUT2D eigenvalue weighted by Gasteiger charge is -2.09. The molecule has 4 rings (SSSR count). The van der Waals surface area contributed by atoms with Crippen molar-refractivity contribution in [2.75, 3.05) is 11.1 Å². The SMILES string of the molecule is Cn1nc2nc(NCc3cccc(F)c3)nc(-c3ccc(F)cc3F)c2c1N. The van der Waals surface area contributed by atoms with Gasteiger partial charge in [0.25, 0.3) is 0 Å². The molecule has 0 saturated heterocycles. The fourth-order valence-corrected chi connectivity index (χ4v) is 2.90. The van der Waals surface area contributed by atoms with Gasteiger partial charge in [-0.05, 0) is 29.8 Å². The van der Waals surface area contributed by atoms with Crippen LogP contribution in [-0.2, 0) is 13.6 Å². The summed E-state index contributed by atoms with van der Waals surface area (Å²) in [6, 6.07) is 9.26. The van der Waals surface area contributed by atoms with E-state index in [0.717, 1.165) is 12.1 Å². The summed E-state index contributed by atoms with van der Waals surface area (Å²) in [5.74, 6) is -1.42. The molecule has 0 radical (unpaired) electrons. The Kier molecular flexibility index (Phi) is 4.34. The van der Waals surface area contributed by atoms with Crippen LogP contribution in [0.3, 0.4) is 0 Å². The first-order valence-electron chi connectivity index (χ1n) is 8.36. The summed E-state index contributed by atoms with van der Waals surface area (Å²) in [6.45, 7) is 0.247. The highest BCUT2D eigenvalue weighted by Crippen LogP contribution is 2.32. The predicted octanol–water partition coefficient (Wildman–Crippen LogP) is 3.64. The van der Waals surface area contributed by atoms with Crippen LogP contribution in [0.15, 0.2) is 42.5 Å². The molecule has 6 nitrogen and oxygen atoms in total. The number of nitrogens with two attached hydrogens (primary N) is 1. The summed E-state index contributed by atoms with van der Waals surface area (Å²) in [5.41, 5.74) is 7.25. The summed E-state index contributed by atoms with van der Waals surface area (Å²) in [5, 5.41) is 7.56. The molecule has 0 aliphatic rings. The number of halogens is 3. The molecule has 3 N–H and O–H groups in total. The molecule has 0 bridgehead atoms. The molecule has 9 heteroatoms. The number of rotatable bonds is 4. The number of anilines is 2.